The fraction of sp³-hybridized carbons (Fsp3) is 0.417. The molecule has 2 aromatic rings. The molecule has 0 aliphatic rings. The Morgan fingerprint density at radius 1 is 1.00 bits per heavy atom. The van der Waals surface area contributed by atoms with Crippen molar-refractivity contribution in [3.63, 3.8) is 0 Å². The van der Waals surface area contributed by atoms with Gasteiger partial charge in [-0.25, -0.2) is 0 Å². The Hall–Kier alpha value is -2.42. The van der Waals surface area contributed by atoms with Crippen molar-refractivity contribution in [1.29, 1.82) is 0 Å². The molecule has 0 saturated carbocycles. The summed E-state index contributed by atoms with van der Waals surface area (Å²) in [6.07, 6.45) is 10.7. The molecule has 0 aromatic heterocycles. The summed E-state index contributed by atoms with van der Waals surface area (Å²) in [5.74, 6) is 0.832. The summed E-state index contributed by atoms with van der Waals surface area (Å²) < 4.78 is 0. The molecule has 0 spiro atoms. The molecule has 0 amide bonds. The summed E-state index contributed by atoms with van der Waals surface area (Å²) in [5, 5.41) is 3.26. The first-order valence-electron chi connectivity index (χ1n) is 9.92. The monoisotopic (exact) mass is 365 g/mol. The second-order valence-corrected chi connectivity index (χ2v) is 7.33. The highest BCUT2D eigenvalue weighted by molar-refractivity contribution is 5.58. The van der Waals surface area contributed by atoms with Gasteiger partial charge in [-0.15, -0.1) is 0 Å². The summed E-state index contributed by atoms with van der Waals surface area (Å²) in [6.45, 7) is 8.43. The molecular formula is C24H31NO2. The molecule has 2 rings (SSSR count). The third-order valence-electron chi connectivity index (χ3n) is 5.21. The number of hydrogen-bond donors (Lipinski definition) is 1. The first kappa shape index (κ1) is 20.9. The number of hydrogen-bond acceptors (Lipinski definition) is 3. The van der Waals surface area contributed by atoms with Gasteiger partial charge in [0, 0.05) is 5.56 Å². The highest BCUT2D eigenvalue weighted by Gasteiger charge is 2.22. The second kappa shape index (κ2) is 10.1. The summed E-state index contributed by atoms with van der Waals surface area (Å²) in [5.41, 5.74) is 1.69. The van der Waals surface area contributed by atoms with Crippen LogP contribution < -0.4 is 16.2 Å². The molecule has 27 heavy (non-hydrogen) atoms. The van der Waals surface area contributed by atoms with Crippen molar-refractivity contribution in [2.45, 2.75) is 58.9 Å². The average molecular weight is 366 g/mol. The Labute approximate surface area is 162 Å². The first-order valence-corrected chi connectivity index (χ1v) is 9.92. The van der Waals surface area contributed by atoms with E-state index in [-0.39, 0.29) is 16.9 Å². The highest BCUT2D eigenvalue weighted by Crippen LogP contribution is 2.22. The minimum absolute atomic E-state index is 0.0717. The van der Waals surface area contributed by atoms with Gasteiger partial charge in [0.1, 0.15) is 0 Å². The van der Waals surface area contributed by atoms with E-state index in [9.17, 15) is 9.59 Å². The lowest BCUT2D eigenvalue weighted by Crippen LogP contribution is -2.40. The third-order valence-corrected chi connectivity index (χ3v) is 5.21. The molecule has 0 radical (unpaired) electrons. The van der Waals surface area contributed by atoms with Crippen molar-refractivity contribution in [2.24, 2.45) is 5.92 Å². The molecule has 1 N–H and O–H groups in total. The van der Waals surface area contributed by atoms with Crippen LogP contribution in [0.4, 0.5) is 5.69 Å². The van der Waals surface area contributed by atoms with E-state index in [2.05, 4.69) is 50.4 Å². The number of rotatable bonds is 10. The maximum Gasteiger partial charge on any atom is 0.249 e. The number of allylic oxidation sites excluding steroid dienone is 2. The molecule has 0 saturated heterocycles. The Kier molecular flexibility index (Phi) is 7.78. The Bertz CT molecular complexity index is 841. The Balaban J connectivity index is 2.08. The van der Waals surface area contributed by atoms with Gasteiger partial charge in [-0.3, -0.25) is 9.59 Å². The number of nitrogens with one attached hydrogen (secondary N) is 1. The van der Waals surface area contributed by atoms with Crippen LogP contribution in [0.3, 0.4) is 0 Å². The predicted octanol–water partition coefficient (Wildman–Crippen LogP) is 4.98. The summed E-state index contributed by atoms with van der Waals surface area (Å²) in [7, 11) is 0. The van der Waals surface area contributed by atoms with Crippen LogP contribution in [-0.2, 0) is 6.42 Å². The van der Waals surface area contributed by atoms with Crippen LogP contribution in [0.25, 0.3) is 0 Å². The lowest BCUT2D eigenvalue weighted by Gasteiger charge is -2.19. The van der Waals surface area contributed by atoms with Crippen LogP contribution in [0.2, 0.25) is 0 Å². The van der Waals surface area contributed by atoms with Crippen LogP contribution in [0, 0.1) is 5.92 Å². The zero-order valence-electron chi connectivity index (χ0n) is 16.9. The largest absolute Gasteiger partial charge is 0.372 e. The summed E-state index contributed by atoms with van der Waals surface area (Å²) in [4.78, 5) is 24.2. The van der Waals surface area contributed by atoms with Crippen molar-refractivity contribution >= 4 is 5.69 Å². The molecule has 3 heteroatoms. The van der Waals surface area contributed by atoms with Crippen molar-refractivity contribution in [2.75, 3.05) is 5.32 Å². The van der Waals surface area contributed by atoms with Crippen LogP contribution in [0.15, 0.2) is 64.2 Å². The maximum absolute atomic E-state index is 12.1. The molecule has 0 fully saturated rings. The predicted molar refractivity (Wildman–Crippen MR) is 115 cm³/mol. The van der Waals surface area contributed by atoms with Crippen molar-refractivity contribution in [3.8, 4) is 0 Å². The normalized spacial score (nSPS) is 15.4. The van der Waals surface area contributed by atoms with E-state index in [1.165, 1.54) is 5.56 Å². The molecule has 3 unspecified atom stereocenters. The Morgan fingerprint density at radius 2 is 1.70 bits per heavy atom. The zero-order valence-corrected chi connectivity index (χ0v) is 16.9. The minimum atomic E-state index is -0.385. The number of benzene rings is 1. The molecule has 0 heterocycles. The Morgan fingerprint density at radius 3 is 2.33 bits per heavy atom. The van der Waals surface area contributed by atoms with E-state index in [1.54, 1.807) is 0 Å². The van der Waals surface area contributed by atoms with Gasteiger partial charge in [0.05, 0.1) is 11.7 Å². The van der Waals surface area contributed by atoms with Crippen LogP contribution in [0.5, 0.6) is 0 Å². The fourth-order valence-electron chi connectivity index (χ4n) is 3.12. The van der Waals surface area contributed by atoms with Crippen LogP contribution >= 0.6 is 0 Å². The molecular weight excluding hydrogens is 334 g/mol. The van der Waals surface area contributed by atoms with E-state index < -0.39 is 0 Å². The van der Waals surface area contributed by atoms with E-state index in [4.69, 9.17) is 0 Å². The molecule has 2 aromatic carbocycles. The van der Waals surface area contributed by atoms with E-state index in [0.717, 1.165) is 12.8 Å². The molecule has 0 aliphatic carbocycles. The lowest BCUT2D eigenvalue weighted by atomic mass is 9.92. The van der Waals surface area contributed by atoms with E-state index >= 15 is 0 Å². The highest BCUT2D eigenvalue weighted by atomic mass is 16.2. The lowest BCUT2D eigenvalue weighted by molar-refractivity contribution is 0.675. The van der Waals surface area contributed by atoms with Gasteiger partial charge in [-0.1, -0.05) is 81.8 Å². The van der Waals surface area contributed by atoms with Gasteiger partial charge in [0.25, 0.3) is 0 Å². The van der Waals surface area contributed by atoms with Crippen LogP contribution in [0.1, 0.15) is 57.6 Å². The standard InChI is InChI=1S/C24H31NO2/c1-5-10-20(15-13-17(3)6-2)25-22-21(23(26)24(22)27)16-14-18(4)19-11-8-7-9-12-19/h5,7-13,15,17-18,20,25H,6,14,16H2,1-4H3/b10-5-,15-13-. The first-order chi connectivity index (χ1) is 13.0. The van der Waals surface area contributed by atoms with Gasteiger partial charge in [-0.2, -0.15) is 0 Å². The molecule has 0 aliphatic heterocycles. The summed E-state index contributed by atoms with van der Waals surface area (Å²) in [6, 6.07) is 10.2. The van der Waals surface area contributed by atoms with Gasteiger partial charge in [0.2, 0.25) is 10.9 Å². The quantitative estimate of drug-likeness (QED) is 0.477. The minimum Gasteiger partial charge on any atom is -0.372 e. The van der Waals surface area contributed by atoms with Gasteiger partial charge in [0.15, 0.2) is 0 Å². The maximum atomic E-state index is 12.1. The van der Waals surface area contributed by atoms with Crippen LogP contribution in [-0.4, -0.2) is 6.04 Å². The topological polar surface area (TPSA) is 46.2 Å². The molecule has 144 valence electrons. The zero-order chi connectivity index (χ0) is 19.8. The second-order valence-electron chi connectivity index (χ2n) is 7.33. The van der Waals surface area contributed by atoms with Crippen molar-refractivity contribution in [3.05, 3.63) is 86.2 Å². The molecule has 3 atom stereocenters. The number of anilines is 1. The third kappa shape index (κ3) is 5.53. The van der Waals surface area contributed by atoms with E-state index in [1.807, 2.05) is 37.3 Å². The molecule has 0 bridgehead atoms. The van der Waals surface area contributed by atoms with Gasteiger partial charge in [-0.05, 0) is 37.2 Å². The fourth-order valence-corrected chi connectivity index (χ4v) is 3.12. The van der Waals surface area contributed by atoms with E-state index in [0.29, 0.717) is 29.5 Å². The van der Waals surface area contributed by atoms with Crippen molar-refractivity contribution < 1.29 is 0 Å². The SMILES string of the molecule is C/C=C\C(/C=C\C(C)CC)Nc1c(CCC(C)c2ccccc2)c(=O)c1=O. The van der Waals surface area contributed by atoms with Gasteiger partial charge >= 0.3 is 0 Å². The summed E-state index contributed by atoms with van der Waals surface area (Å²) >= 11 is 0. The average Bonchev–Trinajstić information content (AvgIpc) is 2.70. The van der Waals surface area contributed by atoms with Crippen molar-refractivity contribution in [1.82, 2.24) is 0 Å². The van der Waals surface area contributed by atoms with Gasteiger partial charge < -0.3 is 5.32 Å². The molecule has 3 nitrogen and oxygen atoms in total. The smallest absolute Gasteiger partial charge is 0.249 e.